The van der Waals surface area contributed by atoms with Crippen LogP contribution in [-0.2, 0) is 20.7 Å². The third-order valence-corrected chi connectivity index (χ3v) is 5.52. The largest absolute Gasteiger partial charge is 0.466 e. The van der Waals surface area contributed by atoms with Crippen molar-refractivity contribution in [2.45, 2.75) is 18.4 Å². The lowest BCUT2D eigenvalue weighted by Crippen LogP contribution is -2.14. The molecule has 10 nitrogen and oxygen atoms in total. The molecular weight excluding hydrogens is 442 g/mol. The van der Waals surface area contributed by atoms with Gasteiger partial charge < -0.3 is 10.1 Å². The number of carbonyl (C=O) groups excluding carboxylic acids is 2. The minimum atomic E-state index is -0.465. The molecule has 3 aromatic rings. The van der Waals surface area contributed by atoms with E-state index in [2.05, 4.69) is 20.5 Å². The van der Waals surface area contributed by atoms with Crippen LogP contribution < -0.4 is 5.32 Å². The summed E-state index contributed by atoms with van der Waals surface area (Å²) in [6, 6.07) is 9.47. The number of nitro benzene ring substituents is 1. The molecule has 0 spiro atoms. The molecule has 1 N–H and O–H groups in total. The average molecular weight is 460 g/mol. The van der Waals surface area contributed by atoms with Gasteiger partial charge in [-0.15, -0.1) is 21.5 Å². The topological polar surface area (TPSA) is 137 Å². The van der Waals surface area contributed by atoms with Gasteiger partial charge in [0, 0.05) is 23.1 Å². The van der Waals surface area contributed by atoms with Crippen LogP contribution in [0.25, 0.3) is 11.3 Å². The monoisotopic (exact) mass is 459 g/mol. The summed E-state index contributed by atoms with van der Waals surface area (Å²) in [7, 11) is 0. The second-order valence-electron chi connectivity index (χ2n) is 6.02. The SMILES string of the molecule is CCOC(=O)Cc1csc(NC(=O)CSc2ccc(-c3ccc([N+](=O)[O-])cc3)nn2)n1. The maximum absolute atomic E-state index is 12.1. The molecule has 31 heavy (non-hydrogen) atoms. The zero-order chi connectivity index (χ0) is 22.2. The molecule has 2 heterocycles. The van der Waals surface area contributed by atoms with Gasteiger partial charge >= 0.3 is 5.97 Å². The Morgan fingerprint density at radius 3 is 2.61 bits per heavy atom. The van der Waals surface area contributed by atoms with E-state index >= 15 is 0 Å². The van der Waals surface area contributed by atoms with Gasteiger partial charge in [-0.05, 0) is 31.2 Å². The molecular formula is C19H17N5O5S2. The minimum Gasteiger partial charge on any atom is -0.466 e. The lowest BCUT2D eigenvalue weighted by Gasteiger charge is -2.03. The molecule has 0 aliphatic heterocycles. The summed E-state index contributed by atoms with van der Waals surface area (Å²) >= 11 is 2.44. The van der Waals surface area contributed by atoms with Gasteiger partial charge in [0.15, 0.2) is 5.13 Å². The molecule has 2 aromatic heterocycles. The van der Waals surface area contributed by atoms with Crippen LogP contribution in [-0.4, -0.2) is 44.3 Å². The molecule has 0 fully saturated rings. The Morgan fingerprint density at radius 2 is 1.97 bits per heavy atom. The highest BCUT2D eigenvalue weighted by molar-refractivity contribution is 7.99. The van der Waals surface area contributed by atoms with Gasteiger partial charge in [0.25, 0.3) is 5.69 Å². The molecule has 0 saturated carbocycles. The van der Waals surface area contributed by atoms with E-state index in [0.29, 0.717) is 33.7 Å². The van der Waals surface area contributed by atoms with Crippen LogP contribution in [0.2, 0.25) is 0 Å². The van der Waals surface area contributed by atoms with Crippen LogP contribution in [0.1, 0.15) is 12.6 Å². The molecule has 12 heteroatoms. The fourth-order valence-corrected chi connectivity index (χ4v) is 3.75. The average Bonchev–Trinajstić information content (AvgIpc) is 3.19. The Kier molecular flexibility index (Phi) is 7.62. The van der Waals surface area contributed by atoms with Gasteiger partial charge in [-0.1, -0.05) is 11.8 Å². The quantitative estimate of drug-likeness (QED) is 0.221. The first-order valence-electron chi connectivity index (χ1n) is 9.06. The lowest BCUT2D eigenvalue weighted by atomic mass is 10.1. The van der Waals surface area contributed by atoms with Gasteiger partial charge in [-0.3, -0.25) is 19.7 Å². The Labute approximate surface area is 185 Å². The number of rotatable bonds is 9. The first kappa shape index (κ1) is 22.3. The number of non-ortho nitro benzene ring substituents is 1. The Hall–Kier alpha value is -3.38. The zero-order valence-corrected chi connectivity index (χ0v) is 17.9. The van der Waals surface area contributed by atoms with Crippen LogP contribution in [0.4, 0.5) is 10.8 Å². The number of thioether (sulfide) groups is 1. The summed E-state index contributed by atoms with van der Waals surface area (Å²) in [4.78, 5) is 38.1. The van der Waals surface area contributed by atoms with Crippen LogP contribution >= 0.6 is 23.1 Å². The van der Waals surface area contributed by atoms with Crippen molar-refractivity contribution in [1.29, 1.82) is 0 Å². The molecule has 0 aliphatic rings. The van der Waals surface area contributed by atoms with Gasteiger partial charge in [-0.2, -0.15) is 0 Å². The van der Waals surface area contributed by atoms with Crippen LogP contribution in [0.3, 0.4) is 0 Å². The summed E-state index contributed by atoms with van der Waals surface area (Å²) < 4.78 is 4.87. The van der Waals surface area contributed by atoms with E-state index < -0.39 is 4.92 Å². The Morgan fingerprint density at radius 1 is 1.19 bits per heavy atom. The molecule has 0 atom stereocenters. The Bertz CT molecular complexity index is 1070. The summed E-state index contributed by atoms with van der Waals surface area (Å²) in [5.74, 6) is -0.515. The van der Waals surface area contributed by atoms with Crippen LogP contribution in [0, 0.1) is 10.1 Å². The number of nitro groups is 1. The van der Waals surface area contributed by atoms with Gasteiger partial charge in [-0.25, -0.2) is 4.98 Å². The zero-order valence-electron chi connectivity index (χ0n) is 16.3. The van der Waals surface area contributed by atoms with Gasteiger partial charge in [0.2, 0.25) is 5.91 Å². The van der Waals surface area contributed by atoms with E-state index in [-0.39, 0.29) is 29.7 Å². The van der Waals surface area contributed by atoms with E-state index in [9.17, 15) is 19.7 Å². The fraction of sp³-hybridized carbons (Fsp3) is 0.211. The molecule has 1 amide bonds. The van der Waals surface area contributed by atoms with E-state index in [1.165, 1.54) is 35.2 Å². The number of esters is 1. The second-order valence-corrected chi connectivity index (χ2v) is 7.88. The number of hydrogen-bond donors (Lipinski definition) is 1. The number of nitrogens with one attached hydrogen (secondary N) is 1. The third kappa shape index (κ3) is 6.55. The van der Waals surface area contributed by atoms with E-state index in [4.69, 9.17) is 4.74 Å². The standard InChI is InChI=1S/C19H17N5O5S2/c1-2-29-18(26)9-13-10-31-19(20-13)21-16(25)11-30-17-8-7-15(22-23-17)12-3-5-14(6-4-12)24(27)28/h3-8,10H,2,9,11H2,1H3,(H,20,21,25). The number of anilines is 1. The van der Waals surface area contributed by atoms with E-state index in [0.717, 1.165) is 0 Å². The maximum Gasteiger partial charge on any atom is 0.311 e. The molecule has 0 saturated heterocycles. The van der Waals surface area contributed by atoms with Crippen molar-refractivity contribution in [3.8, 4) is 11.3 Å². The first-order valence-corrected chi connectivity index (χ1v) is 10.9. The number of thiazole rings is 1. The minimum absolute atomic E-state index is 0.00291. The van der Waals surface area contributed by atoms with E-state index in [1.807, 2.05) is 0 Å². The fourth-order valence-electron chi connectivity index (χ4n) is 2.41. The molecule has 1 aromatic carbocycles. The first-order chi connectivity index (χ1) is 14.9. The van der Waals surface area contributed by atoms with Crippen molar-refractivity contribution < 1.29 is 19.2 Å². The van der Waals surface area contributed by atoms with Crippen LogP contribution in [0.5, 0.6) is 0 Å². The number of nitrogens with zero attached hydrogens (tertiary/aromatic N) is 4. The summed E-state index contributed by atoms with van der Waals surface area (Å²) in [5, 5.41) is 24.3. The number of hydrogen-bond acceptors (Lipinski definition) is 10. The summed E-state index contributed by atoms with van der Waals surface area (Å²) in [5.41, 5.74) is 1.82. The van der Waals surface area contributed by atoms with Crippen molar-refractivity contribution in [3.63, 3.8) is 0 Å². The predicted molar refractivity (Wildman–Crippen MR) is 116 cm³/mol. The third-order valence-electron chi connectivity index (χ3n) is 3.79. The smallest absolute Gasteiger partial charge is 0.311 e. The highest BCUT2D eigenvalue weighted by Gasteiger charge is 2.12. The normalized spacial score (nSPS) is 10.5. The molecule has 160 valence electrons. The number of benzene rings is 1. The highest BCUT2D eigenvalue weighted by atomic mass is 32.2. The van der Waals surface area contributed by atoms with E-state index in [1.54, 1.807) is 36.6 Å². The predicted octanol–water partition coefficient (Wildman–Crippen LogP) is 3.34. The molecule has 0 aliphatic carbocycles. The van der Waals surface area contributed by atoms with Crippen molar-refractivity contribution in [2.75, 3.05) is 17.7 Å². The van der Waals surface area contributed by atoms with Crippen molar-refractivity contribution in [1.82, 2.24) is 15.2 Å². The number of amides is 1. The Balaban J connectivity index is 1.50. The molecule has 0 unspecified atom stereocenters. The maximum atomic E-state index is 12.1. The second kappa shape index (κ2) is 10.6. The van der Waals surface area contributed by atoms with Crippen molar-refractivity contribution >= 4 is 45.8 Å². The number of ether oxygens (including phenoxy) is 1. The lowest BCUT2D eigenvalue weighted by molar-refractivity contribution is -0.384. The van der Waals surface area contributed by atoms with Crippen LogP contribution in [0.15, 0.2) is 46.8 Å². The van der Waals surface area contributed by atoms with Crippen molar-refractivity contribution in [3.05, 3.63) is 57.6 Å². The number of aromatic nitrogens is 3. The number of carbonyl (C=O) groups is 2. The summed E-state index contributed by atoms with van der Waals surface area (Å²) in [6.45, 7) is 2.04. The molecule has 0 bridgehead atoms. The highest BCUT2D eigenvalue weighted by Crippen LogP contribution is 2.23. The molecule has 0 radical (unpaired) electrons. The van der Waals surface area contributed by atoms with Gasteiger partial charge in [0.1, 0.15) is 5.03 Å². The van der Waals surface area contributed by atoms with Crippen molar-refractivity contribution in [2.24, 2.45) is 0 Å². The molecule has 3 rings (SSSR count). The summed E-state index contributed by atoms with van der Waals surface area (Å²) in [6.07, 6.45) is 0.0612. The van der Waals surface area contributed by atoms with Gasteiger partial charge in [0.05, 0.1) is 35.1 Å².